The van der Waals surface area contributed by atoms with Gasteiger partial charge < -0.3 is 15.5 Å². The molecule has 15 heavy (non-hydrogen) atoms. The van der Waals surface area contributed by atoms with Crippen LogP contribution in [-0.2, 0) is 0 Å². The Morgan fingerprint density at radius 2 is 2.33 bits per heavy atom. The lowest BCUT2D eigenvalue weighted by Gasteiger charge is -2.35. The molecule has 0 bridgehead atoms. The molecule has 1 aromatic heterocycles. The third kappa shape index (κ3) is 1.98. The molecule has 0 saturated carbocycles. The third-order valence-electron chi connectivity index (χ3n) is 2.69. The first kappa shape index (κ1) is 10.4. The van der Waals surface area contributed by atoms with Crippen LogP contribution in [0.4, 0.5) is 5.00 Å². The maximum absolute atomic E-state index is 12.0. The molecule has 1 fully saturated rings. The fourth-order valence-corrected chi connectivity index (χ4v) is 2.32. The molecular weight excluding hydrogens is 210 g/mol. The molecular formula is C10H15N3OS. The van der Waals surface area contributed by atoms with Gasteiger partial charge >= 0.3 is 0 Å². The van der Waals surface area contributed by atoms with Gasteiger partial charge in [-0.15, -0.1) is 11.3 Å². The Labute approximate surface area is 93.3 Å². The Morgan fingerprint density at radius 1 is 1.60 bits per heavy atom. The Balaban J connectivity index is 2.05. The van der Waals surface area contributed by atoms with Crippen LogP contribution >= 0.6 is 11.3 Å². The van der Waals surface area contributed by atoms with E-state index >= 15 is 0 Å². The lowest BCUT2D eigenvalue weighted by molar-refractivity contribution is 0.0686. The maximum Gasteiger partial charge on any atom is 0.264 e. The highest BCUT2D eigenvalue weighted by Gasteiger charge is 2.26. The second-order valence-corrected chi connectivity index (χ2v) is 4.73. The molecule has 1 aliphatic rings. The molecule has 1 amide bonds. The van der Waals surface area contributed by atoms with Crippen LogP contribution in [-0.4, -0.2) is 44.0 Å². The number of nitrogens with one attached hydrogen (secondary N) is 2. The van der Waals surface area contributed by atoms with E-state index in [-0.39, 0.29) is 5.91 Å². The minimum absolute atomic E-state index is 0.119. The molecule has 0 unspecified atom stereocenters. The van der Waals surface area contributed by atoms with Crippen molar-refractivity contribution >= 4 is 22.2 Å². The second-order valence-electron chi connectivity index (χ2n) is 3.64. The van der Waals surface area contributed by atoms with Gasteiger partial charge in [0, 0.05) is 27.2 Å². The standard InChI is InChI=1S/C10H15N3OS/c1-11-9-4-3-8(15-9)10(14)13(2)7-5-12-6-7/h3-4,7,11-12H,5-6H2,1-2H3. The van der Waals surface area contributed by atoms with Crippen molar-refractivity contribution in [3.8, 4) is 0 Å². The van der Waals surface area contributed by atoms with Gasteiger partial charge in [-0.05, 0) is 12.1 Å². The molecule has 2 N–H and O–H groups in total. The summed E-state index contributed by atoms with van der Waals surface area (Å²) in [7, 11) is 3.73. The van der Waals surface area contributed by atoms with Gasteiger partial charge in [0.15, 0.2) is 0 Å². The van der Waals surface area contributed by atoms with Crippen LogP contribution in [0.3, 0.4) is 0 Å². The second kappa shape index (κ2) is 4.20. The van der Waals surface area contributed by atoms with E-state index in [1.165, 1.54) is 11.3 Å². The lowest BCUT2D eigenvalue weighted by Crippen LogP contribution is -2.57. The molecule has 82 valence electrons. The van der Waals surface area contributed by atoms with Crippen molar-refractivity contribution in [3.63, 3.8) is 0 Å². The summed E-state index contributed by atoms with van der Waals surface area (Å²) in [5, 5.41) is 7.22. The molecule has 4 nitrogen and oxygen atoms in total. The molecule has 0 aromatic carbocycles. The van der Waals surface area contributed by atoms with E-state index in [4.69, 9.17) is 0 Å². The van der Waals surface area contributed by atoms with Crippen LogP contribution < -0.4 is 10.6 Å². The van der Waals surface area contributed by atoms with Crippen molar-refractivity contribution in [1.82, 2.24) is 10.2 Å². The molecule has 1 aliphatic heterocycles. The first-order valence-electron chi connectivity index (χ1n) is 4.98. The average Bonchev–Trinajstić information content (AvgIpc) is 2.61. The maximum atomic E-state index is 12.0. The Morgan fingerprint density at radius 3 is 2.80 bits per heavy atom. The van der Waals surface area contributed by atoms with E-state index in [0.717, 1.165) is 23.0 Å². The van der Waals surface area contributed by atoms with Gasteiger partial charge in [0.25, 0.3) is 5.91 Å². The van der Waals surface area contributed by atoms with Crippen molar-refractivity contribution in [2.45, 2.75) is 6.04 Å². The summed E-state index contributed by atoms with van der Waals surface area (Å²) < 4.78 is 0. The SMILES string of the molecule is CNc1ccc(C(=O)N(C)C2CNC2)s1. The normalized spacial score (nSPS) is 15.9. The number of hydrogen-bond donors (Lipinski definition) is 2. The first-order chi connectivity index (χ1) is 7.22. The Bertz CT molecular complexity index is 359. The molecule has 0 spiro atoms. The number of carbonyl (C=O) groups is 1. The summed E-state index contributed by atoms with van der Waals surface area (Å²) in [4.78, 5) is 14.6. The van der Waals surface area contributed by atoms with Gasteiger partial charge in [-0.2, -0.15) is 0 Å². The summed E-state index contributed by atoms with van der Waals surface area (Å²) in [6, 6.07) is 4.17. The van der Waals surface area contributed by atoms with Gasteiger partial charge in [0.1, 0.15) is 0 Å². The minimum atomic E-state index is 0.119. The van der Waals surface area contributed by atoms with E-state index in [1.807, 2.05) is 31.1 Å². The number of likely N-dealkylation sites (N-methyl/N-ethyl adjacent to an activating group) is 1. The van der Waals surface area contributed by atoms with Crippen molar-refractivity contribution < 1.29 is 4.79 Å². The summed E-state index contributed by atoms with van der Waals surface area (Å²) in [6.45, 7) is 1.82. The Hall–Kier alpha value is -1.07. The predicted octanol–water partition coefficient (Wildman–Crippen LogP) is 0.834. The number of thiophene rings is 1. The van der Waals surface area contributed by atoms with E-state index in [9.17, 15) is 4.79 Å². The number of nitrogens with zero attached hydrogens (tertiary/aromatic N) is 1. The van der Waals surface area contributed by atoms with E-state index in [0.29, 0.717) is 6.04 Å². The van der Waals surface area contributed by atoms with Crippen LogP contribution in [0.15, 0.2) is 12.1 Å². The highest BCUT2D eigenvalue weighted by molar-refractivity contribution is 7.17. The van der Waals surface area contributed by atoms with Gasteiger partial charge in [-0.25, -0.2) is 0 Å². The largest absolute Gasteiger partial charge is 0.380 e. The highest BCUT2D eigenvalue weighted by Crippen LogP contribution is 2.23. The monoisotopic (exact) mass is 225 g/mol. The number of hydrogen-bond acceptors (Lipinski definition) is 4. The number of amides is 1. The van der Waals surface area contributed by atoms with Gasteiger partial charge in [0.05, 0.1) is 15.9 Å². The molecule has 5 heteroatoms. The quantitative estimate of drug-likeness (QED) is 0.801. The smallest absolute Gasteiger partial charge is 0.264 e. The summed E-state index contributed by atoms with van der Waals surface area (Å²) >= 11 is 1.50. The summed E-state index contributed by atoms with van der Waals surface area (Å²) in [6.07, 6.45) is 0. The number of carbonyl (C=O) groups excluding carboxylic acids is 1. The summed E-state index contributed by atoms with van der Waals surface area (Å²) in [5.74, 6) is 0.119. The van der Waals surface area contributed by atoms with Gasteiger partial charge in [-0.3, -0.25) is 4.79 Å². The minimum Gasteiger partial charge on any atom is -0.380 e. The number of anilines is 1. The van der Waals surface area contributed by atoms with Crippen LogP contribution in [0.5, 0.6) is 0 Å². The zero-order valence-electron chi connectivity index (χ0n) is 8.91. The van der Waals surface area contributed by atoms with Crippen molar-refractivity contribution in [1.29, 1.82) is 0 Å². The molecule has 2 heterocycles. The fourth-order valence-electron chi connectivity index (χ4n) is 1.47. The molecule has 0 radical (unpaired) electrons. The fraction of sp³-hybridized carbons (Fsp3) is 0.500. The molecule has 0 aliphatic carbocycles. The zero-order chi connectivity index (χ0) is 10.8. The molecule has 1 aromatic rings. The first-order valence-corrected chi connectivity index (χ1v) is 5.79. The molecule has 2 rings (SSSR count). The average molecular weight is 225 g/mol. The van der Waals surface area contributed by atoms with Crippen molar-refractivity contribution in [3.05, 3.63) is 17.0 Å². The topological polar surface area (TPSA) is 44.4 Å². The van der Waals surface area contributed by atoms with Gasteiger partial charge in [0.2, 0.25) is 0 Å². The van der Waals surface area contributed by atoms with Gasteiger partial charge in [-0.1, -0.05) is 0 Å². The van der Waals surface area contributed by atoms with Crippen LogP contribution in [0, 0.1) is 0 Å². The Kier molecular flexibility index (Phi) is 2.93. The van der Waals surface area contributed by atoms with Crippen LogP contribution in [0.25, 0.3) is 0 Å². The van der Waals surface area contributed by atoms with E-state index in [2.05, 4.69) is 10.6 Å². The van der Waals surface area contributed by atoms with E-state index < -0.39 is 0 Å². The third-order valence-corrected chi connectivity index (χ3v) is 3.78. The molecule has 1 saturated heterocycles. The zero-order valence-corrected chi connectivity index (χ0v) is 9.73. The van der Waals surface area contributed by atoms with Crippen molar-refractivity contribution in [2.75, 3.05) is 32.5 Å². The lowest BCUT2D eigenvalue weighted by atomic mass is 10.1. The molecule has 0 atom stereocenters. The van der Waals surface area contributed by atoms with Crippen LogP contribution in [0.1, 0.15) is 9.67 Å². The van der Waals surface area contributed by atoms with Crippen LogP contribution in [0.2, 0.25) is 0 Å². The van der Waals surface area contributed by atoms with Crippen molar-refractivity contribution in [2.24, 2.45) is 0 Å². The highest BCUT2D eigenvalue weighted by atomic mass is 32.1. The number of rotatable bonds is 3. The summed E-state index contributed by atoms with van der Waals surface area (Å²) in [5.41, 5.74) is 0. The predicted molar refractivity (Wildman–Crippen MR) is 62.6 cm³/mol. The van der Waals surface area contributed by atoms with E-state index in [1.54, 1.807) is 0 Å².